The number of ether oxygens (including phenoxy) is 2. The molecule has 0 N–H and O–H groups in total. The van der Waals surface area contributed by atoms with Crippen molar-refractivity contribution in [3.63, 3.8) is 0 Å². The van der Waals surface area contributed by atoms with E-state index in [2.05, 4.69) is 14.7 Å². The smallest absolute Gasteiger partial charge is 0.387 e. The number of anilines is 1. The number of allylic oxidation sites excluding steroid dienone is 2. The fraction of sp³-hybridized carbons (Fsp3) is 0.250. The van der Waals surface area contributed by atoms with Crippen LogP contribution >= 0.6 is 7.14 Å². The summed E-state index contributed by atoms with van der Waals surface area (Å²) in [5.41, 5.74) is 3.33. The molecular formula is C24H24F2N3O3P. The fourth-order valence-corrected chi connectivity index (χ4v) is 4.37. The van der Waals surface area contributed by atoms with Gasteiger partial charge in [0, 0.05) is 35.6 Å². The number of amidine groups is 1. The Balaban J connectivity index is 1.73. The first-order valence-electron chi connectivity index (χ1n) is 10.4. The molecule has 33 heavy (non-hydrogen) atoms. The third kappa shape index (κ3) is 5.29. The lowest BCUT2D eigenvalue weighted by Crippen LogP contribution is -2.34. The van der Waals surface area contributed by atoms with Gasteiger partial charge in [-0.2, -0.15) is 8.78 Å². The van der Waals surface area contributed by atoms with Crippen molar-refractivity contribution in [2.75, 3.05) is 24.8 Å². The van der Waals surface area contributed by atoms with Crippen LogP contribution in [0.5, 0.6) is 5.75 Å². The van der Waals surface area contributed by atoms with E-state index in [-0.39, 0.29) is 5.75 Å². The molecule has 0 radical (unpaired) electrons. The largest absolute Gasteiger partial charge is 0.435 e. The molecule has 1 unspecified atom stereocenters. The molecule has 2 aliphatic rings. The molecule has 2 aromatic rings. The van der Waals surface area contributed by atoms with E-state index in [0.29, 0.717) is 18.1 Å². The Morgan fingerprint density at radius 1 is 1.06 bits per heavy atom. The molecule has 6 nitrogen and oxygen atoms in total. The van der Waals surface area contributed by atoms with Crippen molar-refractivity contribution in [2.24, 2.45) is 9.98 Å². The molecular weight excluding hydrogens is 447 g/mol. The molecule has 2 aromatic carbocycles. The first-order valence-corrected chi connectivity index (χ1v) is 13.0. The average Bonchev–Trinajstić information content (AvgIpc) is 2.78. The molecule has 0 aromatic heterocycles. The van der Waals surface area contributed by atoms with E-state index in [1.54, 1.807) is 31.7 Å². The van der Waals surface area contributed by atoms with Crippen molar-refractivity contribution < 1.29 is 22.8 Å². The van der Waals surface area contributed by atoms with Crippen molar-refractivity contribution in [3.8, 4) is 5.75 Å². The van der Waals surface area contributed by atoms with Gasteiger partial charge in [0.05, 0.1) is 0 Å². The number of rotatable bonds is 7. The van der Waals surface area contributed by atoms with E-state index in [0.717, 1.165) is 22.0 Å². The summed E-state index contributed by atoms with van der Waals surface area (Å²) >= 11 is 0. The van der Waals surface area contributed by atoms with Gasteiger partial charge in [0.25, 0.3) is 0 Å². The molecule has 0 spiro atoms. The Morgan fingerprint density at radius 3 is 2.36 bits per heavy atom. The van der Waals surface area contributed by atoms with E-state index in [1.807, 2.05) is 48.4 Å². The molecule has 2 aliphatic heterocycles. The molecule has 0 aliphatic carbocycles. The second kappa shape index (κ2) is 9.41. The Hall–Kier alpha value is -3.09. The molecule has 9 heteroatoms. The Bertz CT molecular complexity index is 1180. The summed E-state index contributed by atoms with van der Waals surface area (Å²) in [6, 6.07) is 14.0. The van der Waals surface area contributed by atoms with Crippen molar-refractivity contribution in [1.82, 2.24) is 0 Å². The lowest BCUT2D eigenvalue weighted by Gasteiger charge is -2.30. The number of alkyl halides is 2. The Labute approximate surface area is 191 Å². The summed E-state index contributed by atoms with van der Waals surface area (Å²) in [4.78, 5) is 10.8. The van der Waals surface area contributed by atoms with E-state index in [9.17, 15) is 13.3 Å². The minimum absolute atomic E-state index is 0.0733. The highest BCUT2D eigenvalue weighted by Crippen LogP contribution is 2.36. The average molecular weight is 471 g/mol. The van der Waals surface area contributed by atoms with Crippen LogP contribution < -0.4 is 14.9 Å². The highest BCUT2D eigenvalue weighted by atomic mass is 31.2. The number of hydrogen-bond acceptors (Lipinski definition) is 6. The highest BCUT2D eigenvalue weighted by molar-refractivity contribution is 7.70. The summed E-state index contributed by atoms with van der Waals surface area (Å²) in [7, 11) is -2.35. The van der Waals surface area contributed by atoms with Crippen LogP contribution in [0.1, 0.15) is 12.5 Å². The maximum atomic E-state index is 12.5. The minimum Gasteiger partial charge on any atom is -0.435 e. The molecule has 0 saturated carbocycles. The van der Waals surface area contributed by atoms with Crippen LogP contribution in [-0.4, -0.2) is 45.0 Å². The molecule has 1 atom stereocenters. The van der Waals surface area contributed by atoms with Gasteiger partial charge in [-0.05, 0) is 61.7 Å². The van der Waals surface area contributed by atoms with Crippen molar-refractivity contribution in [1.29, 1.82) is 0 Å². The number of halogens is 2. The van der Waals surface area contributed by atoms with E-state index in [1.165, 1.54) is 12.1 Å². The zero-order valence-corrected chi connectivity index (χ0v) is 19.4. The second-order valence-electron chi connectivity index (χ2n) is 7.84. The molecule has 172 valence electrons. The number of hydrogen-bond donors (Lipinski definition) is 0. The molecule has 0 bridgehead atoms. The van der Waals surface area contributed by atoms with Crippen LogP contribution in [0.2, 0.25) is 0 Å². The summed E-state index contributed by atoms with van der Waals surface area (Å²) in [5.74, 6) is 0.710. The number of fused-ring (bicyclic) bond motifs is 1. The standard InChI is InChI=1S/C24H24F2N3O3P/c1-4-31-24-27-14-17-13-18(16-5-11-21(12-6-16)33(2,3)30)15-29(22(17)28-24)19-7-9-20(10-8-19)32-23(25)26/h5-15,23-24H,4H2,1-3H3. The van der Waals surface area contributed by atoms with E-state index >= 15 is 0 Å². The lowest BCUT2D eigenvalue weighted by atomic mass is 9.99. The zero-order valence-electron chi connectivity index (χ0n) is 18.5. The zero-order chi connectivity index (χ0) is 23.6. The monoisotopic (exact) mass is 471 g/mol. The first-order chi connectivity index (χ1) is 15.7. The normalized spacial score (nSPS) is 17.9. The van der Waals surface area contributed by atoms with Crippen molar-refractivity contribution in [3.05, 3.63) is 71.9 Å². The summed E-state index contributed by atoms with van der Waals surface area (Å²) < 4.78 is 47.5. The van der Waals surface area contributed by atoms with Crippen LogP contribution in [0.3, 0.4) is 0 Å². The Kier molecular flexibility index (Phi) is 6.58. The quantitative estimate of drug-likeness (QED) is 0.526. The highest BCUT2D eigenvalue weighted by Gasteiger charge is 2.26. The second-order valence-corrected chi connectivity index (χ2v) is 11.1. The first kappa shape index (κ1) is 23.1. The predicted molar refractivity (Wildman–Crippen MR) is 128 cm³/mol. The topological polar surface area (TPSA) is 63.5 Å². The Morgan fingerprint density at radius 2 is 1.76 bits per heavy atom. The van der Waals surface area contributed by atoms with E-state index in [4.69, 9.17) is 4.74 Å². The van der Waals surface area contributed by atoms with Gasteiger partial charge in [0.15, 0.2) is 0 Å². The summed E-state index contributed by atoms with van der Waals surface area (Å²) in [5, 5.41) is 0.808. The van der Waals surface area contributed by atoms with Crippen molar-refractivity contribution >= 4 is 35.8 Å². The summed E-state index contributed by atoms with van der Waals surface area (Å²) in [6.45, 7) is 2.92. The number of benzene rings is 2. The summed E-state index contributed by atoms with van der Waals surface area (Å²) in [6.07, 6.45) is 4.96. The van der Waals surface area contributed by atoms with Gasteiger partial charge in [-0.15, -0.1) is 0 Å². The number of nitrogens with zero attached hydrogens (tertiary/aromatic N) is 3. The molecule has 2 heterocycles. The predicted octanol–water partition coefficient (Wildman–Crippen LogP) is 5.13. The third-order valence-electron chi connectivity index (χ3n) is 5.12. The van der Waals surface area contributed by atoms with Crippen LogP contribution in [0.25, 0.3) is 5.57 Å². The lowest BCUT2D eigenvalue weighted by molar-refractivity contribution is -0.0498. The third-order valence-corrected chi connectivity index (χ3v) is 6.66. The van der Waals surface area contributed by atoms with Crippen molar-refractivity contribution in [2.45, 2.75) is 19.9 Å². The van der Waals surface area contributed by atoms with Crippen LogP contribution in [0, 0.1) is 0 Å². The van der Waals surface area contributed by atoms with Crippen LogP contribution in [-0.2, 0) is 9.30 Å². The van der Waals surface area contributed by atoms with Gasteiger partial charge in [0.2, 0.25) is 6.35 Å². The van der Waals surface area contributed by atoms with Gasteiger partial charge in [-0.1, -0.05) is 24.3 Å². The van der Waals surface area contributed by atoms with Gasteiger partial charge >= 0.3 is 6.61 Å². The van der Waals surface area contributed by atoms with Crippen LogP contribution in [0.15, 0.2) is 76.4 Å². The van der Waals surface area contributed by atoms with Gasteiger partial charge in [-0.3, -0.25) is 0 Å². The van der Waals surface area contributed by atoms with Gasteiger partial charge < -0.3 is 18.9 Å². The maximum absolute atomic E-state index is 12.5. The number of aliphatic imine (C=N–C) groups is 2. The SMILES string of the molecule is CCOC1N=CC2=CC(c3ccc(P(C)(C)=O)cc3)=CN(c3ccc(OC(F)F)cc3)C2=N1. The minimum atomic E-state index is -2.89. The molecule has 0 amide bonds. The molecule has 0 fully saturated rings. The van der Waals surface area contributed by atoms with E-state index < -0.39 is 20.1 Å². The fourth-order valence-electron chi connectivity index (χ4n) is 3.51. The van der Waals surface area contributed by atoms with Gasteiger partial charge in [0.1, 0.15) is 18.7 Å². The van der Waals surface area contributed by atoms with Gasteiger partial charge in [-0.25, -0.2) is 9.98 Å². The van der Waals surface area contributed by atoms with Crippen LogP contribution in [0.4, 0.5) is 14.5 Å². The molecule has 4 rings (SSSR count). The maximum Gasteiger partial charge on any atom is 0.387 e. The molecule has 0 saturated heterocycles.